The zero-order valence-electron chi connectivity index (χ0n) is 12.0. The summed E-state index contributed by atoms with van der Waals surface area (Å²) < 4.78 is 4.74. The monoisotopic (exact) mass is 292 g/mol. The lowest BCUT2D eigenvalue weighted by atomic mass is 10.0. The molecule has 0 aliphatic rings. The summed E-state index contributed by atoms with van der Waals surface area (Å²) in [4.78, 5) is 22.7. The molecule has 21 heavy (non-hydrogen) atoms. The number of aliphatic hydroxyl groups is 2. The molecule has 0 spiro atoms. The Hall–Kier alpha value is -1.98. The van der Waals surface area contributed by atoms with Crippen molar-refractivity contribution < 1.29 is 24.5 Å². The Balaban J connectivity index is 2.59. The van der Waals surface area contributed by atoms with E-state index in [2.05, 4.69) is 0 Å². The molecule has 1 aromatic carbocycles. The average Bonchev–Trinajstić information content (AvgIpc) is 2.50. The van der Waals surface area contributed by atoms with Gasteiger partial charge in [-0.2, -0.15) is 0 Å². The van der Waals surface area contributed by atoms with Crippen molar-refractivity contribution in [2.45, 2.75) is 33.0 Å². The lowest BCUT2D eigenvalue weighted by Gasteiger charge is -2.05. The number of hydrogen-bond acceptors (Lipinski definition) is 5. The molecule has 0 aliphatic heterocycles. The maximum absolute atomic E-state index is 11.6. The Morgan fingerprint density at radius 2 is 1.86 bits per heavy atom. The molecule has 0 atom stereocenters. The van der Waals surface area contributed by atoms with E-state index in [1.54, 1.807) is 31.2 Å². The fourth-order valence-corrected chi connectivity index (χ4v) is 1.78. The number of aliphatic hydroxyl groups excluding tert-OH is 2. The van der Waals surface area contributed by atoms with Gasteiger partial charge in [0.15, 0.2) is 5.78 Å². The first-order valence-corrected chi connectivity index (χ1v) is 6.80. The third kappa shape index (κ3) is 5.89. The van der Waals surface area contributed by atoms with Crippen LogP contribution in [0.5, 0.6) is 0 Å². The number of benzene rings is 1. The van der Waals surface area contributed by atoms with Gasteiger partial charge in [-0.25, -0.2) is 0 Å². The van der Waals surface area contributed by atoms with E-state index in [0.717, 1.165) is 5.56 Å². The van der Waals surface area contributed by atoms with Crippen LogP contribution in [0.1, 0.15) is 36.5 Å². The van der Waals surface area contributed by atoms with E-state index < -0.39 is 0 Å². The number of carbonyl (C=O) groups excluding carboxylic acids is 2. The zero-order chi connectivity index (χ0) is 15.7. The van der Waals surface area contributed by atoms with Crippen LogP contribution in [0.3, 0.4) is 0 Å². The molecular weight excluding hydrogens is 272 g/mol. The minimum absolute atomic E-state index is 0.0718. The predicted octanol–water partition coefficient (Wildman–Crippen LogP) is 1.60. The summed E-state index contributed by atoms with van der Waals surface area (Å²) in [5.41, 5.74) is 2.03. The molecule has 0 unspecified atom stereocenters. The molecule has 0 saturated carbocycles. The Morgan fingerprint density at radius 1 is 1.14 bits per heavy atom. The first kappa shape index (κ1) is 17.1. The van der Waals surface area contributed by atoms with E-state index in [4.69, 9.17) is 9.84 Å². The number of allylic oxidation sites excluding steroid dienone is 1. The predicted molar refractivity (Wildman–Crippen MR) is 78.2 cm³/mol. The second kappa shape index (κ2) is 9.05. The van der Waals surface area contributed by atoms with Crippen molar-refractivity contribution in [3.8, 4) is 0 Å². The Morgan fingerprint density at radius 3 is 2.48 bits per heavy atom. The first-order valence-electron chi connectivity index (χ1n) is 6.80. The summed E-state index contributed by atoms with van der Waals surface area (Å²) in [6.07, 6.45) is 3.20. The first-order chi connectivity index (χ1) is 10.1. The van der Waals surface area contributed by atoms with Crippen LogP contribution < -0.4 is 0 Å². The molecule has 5 nitrogen and oxygen atoms in total. The van der Waals surface area contributed by atoms with Gasteiger partial charge in [-0.05, 0) is 35.8 Å². The lowest BCUT2D eigenvalue weighted by Crippen LogP contribution is -2.06. The van der Waals surface area contributed by atoms with Crippen molar-refractivity contribution in [1.29, 1.82) is 0 Å². The number of ether oxygens (including phenoxy) is 1. The highest BCUT2D eigenvalue weighted by Crippen LogP contribution is 2.14. The van der Waals surface area contributed by atoms with E-state index in [0.29, 0.717) is 17.7 Å². The van der Waals surface area contributed by atoms with Gasteiger partial charge in [0, 0.05) is 6.42 Å². The van der Waals surface area contributed by atoms with Crippen LogP contribution >= 0.6 is 0 Å². The Labute approximate surface area is 123 Å². The van der Waals surface area contributed by atoms with Crippen LogP contribution in [0.15, 0.2) is 24.3 Å². The van der Waals surface area contributed by atoms with Gasteiger partial charge in [-0.1, -0.05) is 18.2 Å². The summed E-state index contributed by atoms with van der Waals surface area (Å²) in [5.74, 6) is -0.547. The third-order valence-electron chi connectivity index (χ3n) is 2.91. The van der Waals surface area contributed by atoms with E-state index in [-0.39, 0.29) is 37.8 Å². The molecule has 114 valence electrons. The Bertz CT molecular complexity index is 519. The molecule has 0 fully saturated rings. The number of carbonyl (C=O) groups is 2. The standard InChI is InChI=1S/C16H20O5/c1-2-21-16(20)8-7-15(19)6-4-12-3-5-13(10-17)14(9-12)11-18/h3-6,9,17-18H,2,7-8,10-11H2,1H3/b6-4+. The molecule has 1 aromatic rings. The van der Waals surface area contributed by atoms with E-state index in [1.807, 2.05) is 0 Å². The number of hydrogen-bond donors (Lipinski definition) is 2. The van der Waals surface area contributed by atoms with Gasteiger partial charge in [0.25, 0.3) is 0 Å². The molecule has 0 saturated heterocycles. The maximum Gasteiger partial charge on any atom is 0.306 e. The molecule has 1 rings (SSSR count). The van der Waals surface area contributed by atoms with E-state index in [9.17, 15) is 14.7 Å². The summed E-state index contributed by atoms with van der Waals surface area (Å²) in [7, 11) is 0. The van der Waals surface area contributed by atoms with Gasteiger partial charge in [0.05, 0.1) is 26.2 Å². The fraction of sp³-hybridized carbons (Fsp3) is 0.375. The second-order valence-electron chi connectivity index (χ2n) is 4.45. The average molecular weight is 292 g/mol. The third-order valence-corrected chi connectivity index (χ3v) is 2.91. The van der Waals surface area contributed by atoms with Crippen LogP contribution in [0.4, 0.5) is 0 Å². The highest BCUT2D eigenvalue weighted by atomic mass is 16.5. The highest BCUT2D eigenvalue weighted by molar-refractivity contribution is 5.95. The van der Waals surface area contributed by atoms with Crippen molar-refractivity contribution in [2.24, 2.45) is 0 Å². The van der Waals surface area contributed by atoms with Crippen molar-refractivity contribution in [3.63, 3.8) is 0 Å². The quantitative estimate of drug-likeness (QED) is 0.561. The molecule has 0 bridgehead atoms. The van der Waals surface area contributed by atoms with Gasteiger partial charge in [0.2, 0.25) is 0 Å². The van der Waals surface area contributed by atoms with Crippen LogP contribution in [-0.2, 0) is 27.5 Å². The maximum atomic E-state index is 11.6. The van der Waals surface area contributed by atoms with Crippen molar-refractivity contribution in [1.82, 2.24) is 0 Å². The molecular formula is C16H20O5. The zero-order valence-corrected chi connectivity index (χ0v) is 12.0. The van der Waals surface area contributed by atoms with Gasteiger partial charge < -0.3 is 14.9 Å². The molecule has 5 heteroatoms. The number of rotatable bonds is 8. The lowest BCUT2D eigenvalue weighted by molar-refractivity contribution is -0.144. The number of ketones is 1. The number of esters is 1. The molecule has 2 N–H and O–H groups in total. The highest BCUT2D eigenvalue weighted by Gasteiger charge is 2.05. The second-order valence-corrected chi connectivity index (χ2v) is 4.45. The fourth-order valence-electron chi connectivity index (χ4n) is 1.78. The Kier molecular flexibility index (Phi) is 7.36. The van der Waals surface area contributed by atoms with E-state index in [1.165, 1.54) is 6.08 Å². The summed E-state index contributed by atoms with van der Waals surface area (Å²) in [5, 5.41) is 18.3. The van der Waals surface area contributed by atoms with Gasteiger partial charge in [-0.3, -0.25) is 9.59 Å². The van der Waals surface area contributed by atoms with Crippen molar-refractivity contribution >= 4 is 17.8 Å². The van der Waals surface area contributed by atoms with Gasteiger partial charge >= 0.3 is 5.97 Å². The minimum Gasteiger partial charge on any atom is -0.466 e. The summed E-state index contributed by atoms with van der Waals surface area (Å²) >= 11 is 0. The van der Waals surface area contributed by atoms with Crippen LogP contribution in [-0.4, -0.2) is 28.6 Å². The SMILES string of the molecule is CCOC(=O)CCC(=O)/C=C/c1ccc(CO)c(CO)c1. The van der Waals surface area contributed by atoms with Crippen LogP contribution in [0, 0.1) is 0 Å². The molecule has 0 amide bonds. The van der Waals surface area contributed by atoms with Gasteiger partial charge in [0.1, 0.15) is 0 Å². The van der Waals surface area contributed by atoms with Crippen molar-refractivity contribution in [3.05, 3.63) is 41.0 Å². The molecule has 0 heterocycles. The topological polar surface area (TPSA) is 83.8 Å². The summed E-state index contributed by atoms with van der Waals surface area (Å²) in [6, 6.07) is 5.16. The largest absolute Gasteiger partial charge is 0.466 e. The van der Waals surface area contributed by atoms with Crippen LogP contribution in [0.25, 0.3) is 6.08 Å². The molecule has 0 aromatic heterocycles. The van der Waals surface area contributed by atoms with Crippen LogP contribution in [0.2, 0.25) is 0 Å². The summed E-state index contributed by atoms with van der Waals surface area (Å²) in [6.45, 7) is 1.71. The molecule has 0 radical (unpaired) electrons. The van der Waals surface area contributed by atoms with Gasteiger partial charge in [-0.15, -0.1) is 0 Å². The molecule has 0 aliphatic carbocycles. The van der Waals surface area contributed by atoms with Crippen molar-refractivity contribution in [2.75, 3.05) is 6.61 Å². The normalized spacial score (nSPS) is 10.8. The van der Waals surface area contributed by atoms with E-state index >= 15 is 0 Å². The smallest absolute Gasteiger partial charge is 0.306 e. The minimum atomic E-state index is -0.380.